The molecule has 1 aromatic carbocycles. The lowest BCUT2D eigenvalue weighted by Gasteiger charge is -2.34. The largest absolute Gasteiger partial charge is 0.368 e. The normalized spacial score (nSPS) is 16.6. The molecule has 10 nitrogen and oxygen atoms in total. The van der Waals surface area contributed by atoms with Gasteiger partial charge in [0, 0.05) is 38.6 Å². The molecule has 0 radical (unpaired) electrons. The van der Waals surface area contributed by atoms with E-state index in [9.17, 15) is 18.0 Å². The number of primary amides is 1. The molecule has 29 heavy (non-hydrogen) atoms. The van der Waals surface area contributed by atoms with Gasteiger partial charge in [-0.25, -0.2) is 13.1 Å². The highest BCUT2D eigenvalue weighted by Crippen LogP contribution is 2.22. The summed E-state index contributed by atoms with van der Waals surface area (Å²) in [7, 11) is -2.27. The number of nitrogens with two attached hydrogens (primary N) is 1. The highest BCUT2D eigenvalue weighted by Gasteiger charge is 2.35. The Morgan fingerprint density at radius 3 is 2.45 bits per heavy atom. The highest BCUT2D eigenvalue weighted by molar-refractivity contribution is 7.89. The fourth-order valence-corrected chi connectivity index (χ4v) is 4.63. The van der Waals surface area contributed by atoms with Crippen molar-refractivity contribution in [2.24, 2.45) is 5.73 Å². The van der Waals surface area contributed by atoms with Gasteiger partial charge in [-0.15, -0.1) is 0 Å². The number of aromatic nitrogens is 2. The monoisotopic (exact) mass is 420 g/mol. The highest BCUT2D eigenvalue weighted by atomic mass is 32.2. The molecule has 3 rings (SSSR count). The van der Waals surface area contributed by atoms with Crippen molar-refractivity contribution in [3.05, 3.63) is 42.2 Å². The van der Waals surface area contributed by atoms with E-state index in [1.54, 1.807) is 37.5 Å². The number of hydrogen-bond acceptors (Lipinski definition) is 6. The Hall–Kier alpha value is -2.76. The van der Waals surface area contributed by atoms with E-state index in [-0.39, 0.29) is 4.90 Å². The lowest BCUT2D eigenvalue weighted by atomic mass is 10.2. The van der Waals surface area contributed by atoms with Gasteiger partial charge in [-0.1, -0.05) is 6.07 Å². The summed E-state index contributed by atoms with van der Waals surface area (Å²) in [6, 6.07) is 4.75. The van der Waals surface area contributed by atoms with Gasteiger partial charge >= 0.3 is 0 Å². The standard InChI is InChI=1S/C18H24N6O4S/c1-13-14(24-8-4-7-20-24)5-3-6-15(13)29(27,28)21-16(17(19)25)18(26)23-11-9-22(2)10-12-23/h3-8,16,21H,9-12H2,1-2H3,(H2,19,25)/t16-/m0/s1. The maximum absolute atomic E-state index is 13.0. The summed E-state index contributed by atoms with van der Waals surface area (Å²) in [6.07, 6.45) is 3.27. The number of benzene rings is 1. The molecule has 1 aliphatic rings. The first-order valence-corrected chi connectivity index (χ1v) is 10.6. The van der Waals surface area contributed by atoms with Gasteiger partial charge in [0.15, 0.2) is 6.04 Å². The fourth-order valence-electron chi connectivity index (χ4n) is 3.21. The second-order valence-electron chi connectivity index (χ2n) is 6.94. The summed E-state index contributed by atoms with van der Waals surface area (Å²) < 4.78 is 29.7. The summed E-state index contributed by atoms with van der Waals surface area (Å²) in [5.41, 5.74) is 6.36. The summed E-state index contributed by atoms with van der Waals surface area (Å²) in [5.74, 6) is -1.69. The number of carbonyl (C=O) groups is 2. The number of piperazine rings is 1. The van der Waals surface area contributed by atoms with Crippen molar-refractivity contribution in [2.45, 2.75) is 17.9 Å². The predicted octanol–water partition coefficient (Wildman–Crippen LogP) is -0.913. The molecule has 1 aliphatic heterocycles. The van der Waals surface area contributed by atoms with Gasteiger partial charge in [-0.05, 0) is 37.7 Å². The summed E-state index contributed by atoms with van der Waals surface area (Å²) >= 11 is 0. The summed E-state index contributed by atoms with van der Waals surface area (Å²) in [4.78, 5) is 28.1. The van der Waals surface area contributed by atoms with Crippen LogP contribution in [0.25, 0.3) is 5.69 Å². The first-order valence-electron chi connectivity index (χ1n) is 9.09. The van der Waals surface area contributed by atoms with Gasteiger partial charge < -0.3 is 15.5 Å². The van der Waals surface area contributed by atoms with E-state index < -0.39 is 27.9 Å². The van der Waals surface area contributed by atoms with Crippen LogP contribution in [-0.2, 0) is 19.6 Å². The molecule has 0 unspecified atom stereocenters. The number of likely N-dealkylation sites (N-methyl/N-ethyl adjacent to an activating group) is 1. The van der Waals surface area contributed by atoms with Crippen molar-refractivity contribution in [3.63, 3.8) is 0 Å². The number of carbonyl (C=O) groups excluding carboxylic acids is 2. The third-order valence-electron chi connectivity index (χ3n) is 4.92. The zero-order valence-electron chi connectivity index (χ0n) is 16.3. The number of nitrogens with one attached hydrogen (secondary N) is 1. The molecule has 156 valence electrons. The lowest BCUT2D eigenvalue weighted by molar-refractivity contribution is -0.138. The van der Waals surface area contributed by atoms with Crippen LogP contribution in [0.15, 0.2) is 41.6 Å². The van der Waals surface area contributed by atoms with Crippen molar-refractivity contribution in [1.82, 2.24) is 24.3 Å². The lowest BCUT2D eigenvalue weighted by Crippen LogP contribution is -2.58. The molecule has 2 amide bonds. The van der Waals surface area contributed by atoms with E-state index in [4.69, 9.17) is 5.73 Å². The van der Waals surface area contributed by atoms with E-state index in [2.05, 4.69) is 9.82 Å². The molecule has 0 saturated carbocycles. The Labute approximate surface area is 169 Å². The molecule has 11 heteroatoms. The van der Waals surface area contributed by atoms with Crippen LogP contribution in [-0.4, -0.2) is 79.1 Å². The van der Waals surface area contributed by atoms with Crippen LogP contribution in [0, 0.1) is 6.92 Å². The second-order valence-corrected chi connectivity index (χ2v) is 8.62. The van der Waals surface area contributed by atoms with Crippen molar-refractivity contribution in [3.8, 4) is 5.69 Å². The van der Waals surface area contributed by atoms with Crippen molar-refractivity contribution < 1.29 is 18.0 Å². The third kappa shape index (κ3) is 4.47. The van der Waals surface area contributed by atoms with E-state index >= 15 is 0 Å². The first kappa shape index (κ1) is 21.0. The average Bonchev–Trinajstić information content (AvgIpc) is 3.20. The summed E-state index contributed by atoms with van der Waals surface area (Å²) in [6.45, 7) is 3.69. The van der Waals surface area contributed by atoms with Crippen molar-refractivity contribution in [2.75, 3.05) is 33.2 Å². The molecule has 2 aromatic rings. The van der Waals surface area contributed by atoms with Crippen LogP contribution in [0.4, 0.5) is 0 Å². The van der Waals surface area contributed by atoms with Gasteiger partial charge in [0.1, 0.15) is 0 Å². The van der Waals surface area contributed by atoms with Crippen LogP contribution in [0.2, 0.25) is 0 Å². The molecule has 1 atom stereocenters. The molecule has 2 heterocycles. The Morgan fingerprint density at radius 1 is 1.17 bits per heavy atom. The van der Waals surface area contributed by atoms with Gasteiger partial charge in [0.25, 0.3) is 5.91 Å². The molecule has 0 aliphatic carbocycles. The maximum Gasteiger partial charge on any atom is 0.250 e. The topological polar surface area (TPSA) is 131 Å². The second kappa shape index (κ2) is 8.31. The molecule has 3 N–H and O–H groups in total. The third-order valence-corrected chi connectivity index (χ3v) is 6.48. The van der Waals surface area contributed by atoms with Gasteiger partial charge in [0.2, 0.25) is 15.9 Å². The number of sulfonamides is 1. The van der Waals surface area contributed by atoms with Gasteiger partial charge in [0.05, 0.1) is 10.6 Å². The van der Waals surface area contributed by atoms with Gasteiger partial charge in [-0.2, -0.15) is 9.82 Å². The fraction of sp³-hybridized carbons (Fsp3) is 0.389. The minimum absolute atomic E-state index is 0.0528. The van der Waals surface area contributed by atoms with Crippen LogP contribution >= 0.6 is 0 Å². The molecule has 0 bridgehead atoms. The van der Waals surface area contributed by atoms with Crippen molar-refractivity contribution >= 4 is 21.8 Å². The van der Waals surface area contributed by atoms with E-state index in [1.165, 1.54) is 15.6 Å². The first-order chi connectivity index (χ1) is 13.7. The van der Waals surface area contributed by atoms with Crippen LogP contribution in [0.1, 0.15) is 5.56 Å². The van der Waals surface area contributed by atoms with E-state index in [1.807, 2.05) is 11.9 Å². The number of hydrogen-bond donors (Lipinski definition) is 2. The van der Waals surface area contributed by atoms with Crippen LogP contribution < -0.4 is 10.5 Å². The van der Waals surface area contributed by atoms with Gasteiger partial charge in [-0.3, -0.25) is 9.59 Å². The maximum atomic E-state index is 13.0. The number of amides is 2. The Morgan fingerprint density at radius 2 is 1.86 bits per heavy atom. The smallest absolute Gasteiger partial charge is 0.250 e. The number of rotatable bonds is 6. The Bertz CT molecular complexity index is 997. The molecular formula is C18H24N6O4S. The predicted molar refractivity (Wildman–Crippen MR) is 106 cm³/mol. The summed E-state index contributed by atoms with van der Waals surface area (Å²) in [5, 5.41) is 4.12. The van der Waals surface area contributed by atoms with E-state index in [0.717, 1.165) is 0 Å². The van der Waals surface area contributed by atoms with Crippen LogP contribution in [0.3, 0.4) is 0 Å². The Balaban J connectivity index is 1.88. The Kier molecular flexibility index (Phi) is 6.01. The SMILES string of the molecule is Cc1c(-n2cccn2)cccc1S(=O)(=O)N[C@@H](C(N)=O)C(=O)N1CCN(C)CC1. The van der Waals surface area contributed by atoms with E-state index in [0.29, 0.717) is 37.4 Å². The molecule has 1 saturated heterocycles. The molecule has 0 spiro atoms. The average molecular weight is 420 g/mol. The minimum atomic E-state index is -4.19. The van der Waals surface area contributed by atoms with Crippen molar-refractivity contribution in [1.29, 1.82) is 0 Å². The molecule has 1 aromatic heterocycles. The molecule has 1 fully saturated rings. The number of nitrogens with zero attached hydrogens (tertiary/aromatic N) is 4. The minimum Gasteiger partial charge on any atom is -0.368 e. The molecular weight excluding hydrogens is 396 g/mol. The zero-order chi connectivity index (χ0) is 21.2. The van der Waals surface area contributed by atoms with Crippen LogP contribution in [0.5, 0.6) is 0 Å². The quantitative estimate of drug-likeness (QED) is 0.582. The zero-order valence-corrected chi connectivity index (χ0v) is 17.1.